The molecule has 1 unspecified atom stereocenters. The molecule has 0 aliphatic carbocycles. The average Bonchev–Trinajstić information content (AvgIpc) is 2.82. The van der Waals surface area contributed by atoms with Gasteiger partial charge in [-0.25, -0.2) is 0 Å². The monoisotopic (exact) mass is 429 g/mol. The second kappa shape index (κ2) is 7.59. The fourth-order valence-corrected chi connectivity index (χ4v) is 6.71. The molecule has 2 saturated heterocycles. The second-order valence-corrected chi connectivity index (χ2v) is 12.5. The predicted molar refractivity (Wildman–Crippen MR) is 108 cm³/mol. The van der Waals surface area contributed by atoms with Crippen molar-refractivity contribution in [1.29, 1.82) is 0 Å². The van der Waals surface area contributed by atoms with Crippen LogP contribution in [0.4, 0.5) is 5.69 Å². The van der Waals surface area contributed by atoms with E-state index in [-0.39, 0.29) is 18.2 Å². The van der Waals surface area contributed by atoms with Crippen LogP contribution >= 0.6 is 8.07 Å². The molecule has 2 aliphatic heterocycles. The number of carbonyl (C=O) groups excluding carboxylic acids is 2. The summed E-state index contributed by atoms with van der Waals surface area (Å²) < 4.78 is 17.4. The average molecular weight is 429 g/mol. The molecule has 2 aliphatic rings. The third-order valence-electron chi connectivity index (χ3n) is 5.02. The van der Waals surface area contributed by atoms with Gasteiger partial charge in [-0.15, -0.1) is 0 Å². The summed E-state index contributed by atoms with van der Waals surface area (Å²) in [5.41, 5.74) is 0.538. The summed E-state index contributed by atoms with van der Waals surface area (Å²) in [6.07, 6.45) is 0. The van der Waals surface area contributed by atoms with Gasteiger partial charge in [-0.1, -0.05) is 0 Å². The molecule has 3 rings (SSSR count). The molecule has 28 heavy (non-hydrogen) atoms. The molecule has 0 radical (unpaired) electrons. The van der Waals surface area contributed by atoms with Crippen LogP contribution in [0.2, 0.25) is 0 Å². The molecule has 1 aromatic carbocycles. The Morgan fingerprint density at radius 2 is 1.96 bits per heavy atom. The van der Waals surface area contributed by atoms with E-state index >= 15 is 0 Å². The first-order valence-electron chi connectivity index (χ1n) is 8.94. The SMILES string of the molecule is C[PH2](C)N[C@@H]1C(=O)N2[C@@H]1[S+]([O-])C(C)(C)[C@@H]2C(=O)OCc1ccc([N+](=O)[O-])cc1. The van der Waals surface area contributed by atoms with Crippen LogP contribution in [-0.4, -0.2) is 61.8 Å². The first kappa shape index (κ1) is 21.0. The van der Waals surface area contributed by atoms with E-state index in [1.54, 1.807) is 13.8 Å². The fraction of sp³-hybridized carbons (Fsp3) is 0.529. The number of non-ortho nitro benzene ring substituents is 1. The summed E-state index contributed by atoms with van der Waals surface area (Å²) in [5, 5.41) is 13.4. The molecule has 11 heteroatoms. The van der Waals surface area contributed by atoms with Crippen molar-refractivity contribution in [2.24, 2.45) is 0 Å². The van der Waals surface area contributed by atoms with Gasteiger partial charge in [0.2, 0.25) is 0 Å². The molecule has 0 aromatic heterocycles. The number of nitro benzene ring substituents is 1. The Balaban J connectivity index is 1.70. The summed E-state index contributed by atoms with van der Waals surface area (Å²) in [6, 6.07) is 4.26. The van der Waals surface area contributed by atoms with Crippen LogP contribution in [-0.2, 0) is 32.1 Å². The van der Waals surface area contributed by atoms with E-state index in [0.29, 0.717) is 5.56 Å². The summed E-state index contributed by atoms with van der Waals surface area (Å²) >= 11 is -1.41. The minimum absolute atomic E-state index is 0.0522. The van der Waals surface area contributed by atoms with Crippen LogP contribution in [0.1, 0.15) is 19.4 Å². The number of hydrogen-bond donors (Lipinski definition) is 1. The van der Waals surface area contributed by atoms with E-state index in [1.165, 1.54) is 29.2 Å². The zero-order valence-electron chi connectivity index (χ0n) is 16.1. The number of β-lactam (4-membered cyclic amide) rings is 1. The zero-order chi connectivity index (χ0) is 20.8. The van der Waals surface area contributed by atoms with Crippen molar-refractivity contribution < 1.29 is 23.8 Å². The molecule has 0 spiro atoms. The Hall–Kier alpha value is -1.74. The third-order valence-corrected chi connectivity index (χ3v) is 8.24. The van der Waals surface area contributed by atoms with Crippen LogP contribution in [0.15, 0.2) is 24.3 Å². The molecular formula is C17H24N3O6PS. The molecule has 1 amide bonds. The number of nitrogens with one attached hydrogen (secondary N) is 1. The van der Waals surface area contributed by atoms with Gasteiger partial charge >= 0.3 is 151 Å². The quantitative estimate of drug-likeness (QED) is 0.177. The molecular weight excluding hydrogens is 405 g/mol. The molecule has 2 heterocycles. The van der Waals surface area contributed by atoms with Crippen molar-refractivity contribution >= 4 is 36.8 Å². The Bertz CT molecular complexity index is 803. The molecule has 2 fully saturated rings. The van der Waals surface area contributed by atoms with Gasteiger partial charge in [0.1, 0.15) is 0 Å². The first-order chi connectivity index (χ1) is 13.1. The van der Waals surface area contributed by atoms with Crippen LogP contribution < -0.4 is 5.09 Å². The number of nitro groups is 1. The van der Waals surface area contributed by atoms with Gasteiger partial charge in [0, 0.05) is 0 Å². The van der Waals surface area contributed by atoms with E-state index in [0.717, 1.165) is 0 Å². The maximum atomic E-state index is 12.9. The topological polar surface area (TPSA) is 125 Å². The number of nitrogens with zero attached hydrogens (tertiary/aromatic N) is 2. The Kier molecular flexibility index (Phi) is 5.69. The van der Waals surface area contributed by atoms with Crippen molar-refractivity contribution in [3.05, 3.63) is 39.9 Å². The Morgan fingerprint density at radius 1 is 1.36 bits per heavy atom. The Morgan fingerprint density at radius 3 is 2.50 bits per heavy atom. The zero-order valence-corrected chi connectivity index (χ0v) is 18.0. The molecule has 9 nitrogen and oxygen atoms in total. The van der Waals surface area contributed by atoms with Crippen molar-refractivity contribution in [3.8, 4) is 0 Å². The normalized spacial score (nSPS) is 28.4. The van der Waals surface area contributed by atoms with Crippen molar-refractivity contribution in [2.45, 2.75) is 42.7 Å². The molecule has 0 saturated carbocycles. The fourth-order valence-electron chi connectivity index (χ4n) is 3.60. The van der Waals surface area contributed by atoms with E-state index in [4.69, 9.17) is 4.74 Å². The van der Waals surface area contributed by atoms with E-state index in [9.17, 15) is 24.3 Å². The van der Waals surface area contributed by atoms with Crippen molar-refractivity contribution in [3.63, 3.8) is 0 Å². The van der Waals surface area contributed by atoms with Gasteiger partial charge in [-0.2, -0.15) is 0 Å². The number of benzene rings is 1. The summed E-state index contributed by atoms with van der Waals surface area (Å²) in [4.78, 5) is 36.9. The van der Waals surface area contributed by atoms with Gasteiger partial charge in [-0.05, 0) is 0 Å². The summed E-state index contributed by atoms with van der Waals surface area (Å²) in [5.74, 6) is -0.838. The van der Waals surface area contributed by atoms with Crippen molar-refractivity contribution in [1.82, 2.24) is 9.99 Å². The van der Waals surface area contributed by atoms with Crippen LogP contribution in [0.25, 0.3) is 0 Å². The minimum atomic E-state index is -1.41. The molecule has 1 N–H and O–H groups in total. The summed E-state index contributed by atoms with van der Waals surface area (Å²) in [6.45, 7) is 7.40. The third kappa shape index (κ3) is 3.50. The summed E-state index contributed by atoms with van der Waals surface area (Å²) in [7, 11) is -1.26. The Labute approximate surface area is 166 Å². The van der Waals surface area contributed by atoms with Gasteiger partial charge in [0.15, 0.2) is 0 Å². The number of carbonyl (C=O) groups is 2. The van der Waals surface area contributed by atoms with Crippen LogP contribution in [0, 0.1) is 10.1 Å². The van der Waals surface area contributed by atoms with Crippen LogP contribution in [0.5, 0.6) is 0 Å². The molecule has 4 atom stereocenters. The van der Waals surface area contributed by atoms with Gasteiger partial charge in [0.25, 0.3) is 0 Å². The van der Waals surface area contributed by atoms with Gasteiger partial charge in [-0.3, -0.25) is 10.1 Å². The number of fused-ring (bicyclic) bond motifs is 1. The molecule has 0 bridgehead atoms. The standard InChI is InChI=1S/C17H24N3O6PS/c1-17(2)13(19-14(21)12(18-27(3)4)15(19)28(17)25)16(22)26-9-10-5-7-11(8-6-10)20(23)24/h5-8,12-13,15,18H,9,27H2,1-4H3/t12-,13+,15-,28?/m1/s1. The number of esters is 1. The number of amides is 1. The number of hydrogen-bond acceptors (Lipinski definition) is 7. The number of rotatable bonds is 6. The number of ether oxygens (including phenoxy) is 1. The molecule has 1 aromatic rings. The van der Waals surface area contributed by atoms with E-state index in [1.807, 2.05) is 13.3 Å². The second-order valence-electron chi connectivity index (χ2n) is 7.77. The van der Waals surface area contributed by atoms with E-state index in [2.05, 4.69) is 5.09 Å². The van der Waals surface area contributed by atoms with Gasteiger partial charge < -0.3 is 0 Å². The van der Waals surface area contributed by atoms with Gasteiger partial charge in [0.05, 0.1) is 4.92 Å². The van der Waals surface area contributed by atoms with Crippen LogP contribution in [0.3, 0.4) is 0 Å². The molecule has 154 valence electrons. The maximum absolute atomic E-state index is 12.9. The first-order valence-corrected chi connectivity index (χ1v) is 13.0. The van der Waals surface area contributed by atoms with Crippen molar-refractivity contribution in [2.75, 3.05) is 13.3 Å². The predicted octanol–water partition coefficient (Wildman–Crippen LogP) is 0.795. The van der Waals surface area contributed by atoms with E-state index < -0.39 is 52.3 Å².